The van der Waals surface area contributed by atoms with Crippen LogP contribution >= 0.6 is 23.4 Å². The van der Waals surface area contributed by atoms with E-state index >= 15 is 0 Å². The molecule has 1 fully saturated rings. The Bertz CT molecular complexity index is 435. The molecule has 0 unspecified atom stereocenters. The van der Waals surface area contributed by atoms with Crippen molar-refractivity contribution < 1.29 is 4.79 Å². The molecule has 2 nitrogen and oxygen atoms in total. The Morgan fingerprint density at radius 2 is 2.15 bits per heavy atom. The molecule has 1 aromatic carbocycles. The molecule has 1 heterocycles. The zero-order valence-corrected chi connectivity index (χ0v) is 13.6. The Balaban J connectivity index is 1.91. The van der Waals surface area contributed by atoms with Crippen LogP contribution in [0.5, 0.6) is 0 Å². The molecule has 0 aliphatic carbocycles. The average molecular weight is 312 g/mol. The van der Waals surface area contributed by atoms with Gasteiger partial charge in [0.1, 0.15) is 0 Å². The number of likely N-dealkylation sites (tertiary alicyclic amines) is 1. The molecule has 0 saturated carbocycles. The van der Waals surface area contributed by atoms with E-state index in [1.807, 2.05) is 23.9 Å². The summed E-state index contributed by atoms with van der Waals surface area (Å²) in [6, 6.07) is 7.29. The summed E-state index contributed by atoms with van der Waals surface area (Å²) in [5.74, 6) is 1.63. The first kappa shape index (κ1) is 15.9. The smallest absolute Gasteiger partial charge is 0.167 e. The van der Waals surface area contributed by atoms with Gasteiger partial charge in [-0.05, 0) is 68.6 Å². The molecular formula is C16H22ClNOS. The summed E-state index contributed by atoms with van der Waals surface area (Å²) >= 11 is 7.76. The predicted molar refractivity (Wildman–Crippen MR) is 87.9 cm³/mol. The van der Waals surface area contributed by atoms with Gasteiger partial charge < -0.3 is 4.90 Å². The number of hydrogen-bond donors (Lipinski definition) is 0. The van der Waals surface area contributed by atoms with Gasteiger partial charge >= 0.3 is 0 Å². The van der Waals surface area contributed by atoms with Crippen LogP contribution in [0.25, 0.3) is 0 Å². The van der Waals surface area contributed by atoms with Crippen molar-refractivity contribution in [2.45, 2.75) is 19.3 Å². The van der Waals surface area contributed by atoms with Crippen LogP contribution < -0.4 is 0 Å². The van der Waals surface area contributed by atoms with E-state index in [0.717, 1.165) is 38.0 Å². The topological polar surface area (TPSA) is 20.3 Å². The second kappa shape index (κ2) is 8.06. The first-order valence-corrected chi connectivity index (χ1v) is 8.99. The maximum absolute atomic E-state index is 12.5. The number of Topliss-reactive ketones (excluding diaryl/α,β-unsaturated/α-hetero) is 1. The van der Waals surface area contributed by atoms with E-state index in [1.165, 1.54) is 12.2 Å². The van der Waals surface area contributed by atoms with Crippen LogP contribution in [-0.2, 0) is 0 Å². The van der Waals surface area contributed by atoms with Crippen LogP contribution in [0.15, 0.2) is 24.3 Å². The standard InChI is InChI=1S/C16H22ClNOS/c1-20-11-3-10-18-9-2-4-14(12-18)16(19)13-5-7-15(17)8-6-13/h5-8,14H,2-4,9-12H2,1H3/t14-/m0/s1. The monoisotopic (exact) mass is 311 g/mol. The highest BCUT2D eigenvalue weighted by Crippen LogP contribution is 2.22. The highest BCUT2D eigenvalue weighted by molar-refractivity contribution is 7.98. The van der Waals surface area contributed by atoms with Gasteiger partial charge in [0.15, 0.2) is 5.78 Å². The molecule has 1 aliphatic rings. The van der Waals surface area contributed by atoms with Crippen LogP contribution in [0.1, 0.15) is 29.6 Å². The summed E-state index contributed by atoms with van der Waals surface area (Å²) in [5.41, 5.74) is 0.797. The molecule has 0 amide bonds. The first-order valence-electron chi connectivity index (χ1n) is 7.22. The molecule has 1 saturated heterocycles. The number of nitrogens with zero attached hydrogens (tertiary/aromatic N) is 1. The maximum Gasteiger partial charge on any atom is 0.167 e. The summed E-state index contributed by atoms with van der Waals surface area (Å²) < 4.78 is 0. The minimum Gasteiger partial charge on any atom is -0.303 e. The van der Waals surface area contributed by atoms with Crippen LogP contribution in [0.3, 0.4) is 0 Å². The zero-order valence-electron chi connectivity index (χ0n) is 12.0. The Hall–Kier alpha value is -0.510. The highest BCUT2D eigenvalue weighted by atomic mass is 35.5. The van der Waals surface area contributed by atoms with E-state index in [0.29, 0.717) is 5.02 Å². The molecule has 0 radical (unpaired) electrons. The van der Waals surface area contributed by atoms with E-state index in [1.54, 1.807) is 12.1 Å². The molecule has 0 spiro atoms. The molecule has 110 valence electrons. The number of piperidine rings is 1. The quantitative estimate of drug-likeness (QED) is 0.585. The molecule has 2 rings (SSSR count). The van der Waals surface area contributed by atoms with Gasteiger partial charge in [-0.3, -0.25) is 4.79 Å². The number of ketones is 1. The van der Waals surface area contributed by atoms with Crippen LogP contribution in [0.4, 0.5) is 0 Å². The van der Waals surface area contributed by atoms with Crippen molar-refractivity contribution in [2.75, 3.05) is 31.6 Å². The summed E-state index contributed by atoms with van der Waals surface area (Å²) in [4.78, 5) is 15.0. The molecule has 1 atom stereocenters. The van der Waals surface area contributed by atoms with Gasteiger partial charge in [0, 0.05) is 23.0 Å². The van der Waals surface area contributed by atoms with Crippen LogP contribution in [0.2, 0.25) is 5.02 Å². The SMILES string of the molecule is CSCCCN1CCC[C@H](C(=O)c2ccc(Cl)cc2)C1. The number of carbonyl (C=O) groups is 1. The van der Waals surface area contributed by atoms with E-state index in [-0.39, 0.29) is 11.7 Å². The fourth-order valence-electron chi connectivity index (χ4n) is 2.75. The first-order chi connectivity index (χ1) is 9.70. The van der Waals surface area contributed by atoms with Crippen molar-refractivity contribution >= 4 is 29.1 Å². The zero-order chi connectivity index (χ0) is 14.4. The van der Waals surface area contributed by atoms with Crippen LogP contribution in [-0.4, -0.2) is 42.3 Å². The second-order valence-corrected chi connectivity index (χ2v) is 6.78. The molecule has 4 heteroatoms. The van der Waals surface area contributed by atoms with Gasteiger partial charge in [-0.15, -0.1) is 0 Å². The highest BCUT2D eigenvalue weighted by Gasteiger charge is 2.26. The van der Waals surface area contributed by atoms with E-state index < -0.39 is 0 Å². The number of thioether (sulfide) groups is 1. The fourth-order valence-corrected chi connectivity index (χ4v) is 3.30. The minimum absolute atomic E-state index is 0.152. The van der Waals surface area contributed by atoms with Gasteiger partial charge in [0.2, 0.25) is 0 Å². The van der Waals surface area contributed by atoms with Gasteiger partial charge in [0.25, 0.3) is 0 Å². The third-order valence-corrected chi connectivity index (χ3v) is 4.78. The Morgan fingerprint density at radius 1 is 1.40 bits per heavy atom. The lowest BCUT2D eigenvalue weighted by Crippen LogP contribution is -2.39. The Kier molecular flexibility index (Phi) is 6.40. The van der Waals surface area contributed by atoms with Crippen molar-refractivity contribution in [1.29, 1.82) is 0 Å². The molecule has 0 N–H and O–H groups in total. The molecule has 1 aromatic rings. The second-order valence-electron chi connectivity index (χ2n) is 5.36. The normalized spacial score (nSPS) is 20.0. The van der Waals surface area contributed by atoms with E-state index in [2.05, 4.69) is 11.2 Å². The lowest BCUT2D eigenvalue weighted by atomic mass is 9.90. The van der Waals surface area contributed by atoms with Gasteiger partial charge in [-0.25, -0.2) is 0 Å². The Morgan fingerprint density at radius 3 is 2.85 bits per heavy atom. The van der Waals surface area contributed by atoms with Crippen LogP contribution in [0, 0.1) is 5.92 Å². The molecule has 1 aliphatic heterocycles. The lowest BCUT2D eigenvalue weighted by molar-refractivity contribution is 0.0820. The third-order valence-electron chi connectivity index (χ3n) is 3.83. The number of benzene rings is 1. The molecule has 20 heavy (non-hydrogen) atoms. The number of carbonyl (C=O) groups excluding carboxylic acids is 1. The number of halogens is 1. The molecule has 0 bridgehead atoms. The van der Waals surface area contributed by atoms with Crippen molar-refractivity contribution in [3.63, 3.8) is 0 Å². The lowest BCUT2D eigenvalue weighted by Gasteiger charge is -2.32. The summed E-state index contributed by atoms with van der Waals surface area (Å²) in [7, 11) is 0. The van der Waals surface area contributed by atoms with Gasteiger partial charge in [-0.2, -0.15) is 11.8 Å². The number of rotatable bonds is 6. The third kappa shape index (κ3) is 4.51. The van der Waals surface area contributed by atoms with Crippen molar-refractivity contribution in [2.24, 2.45) is 5.92 Å². The summed E-state index contributed by atoms with van der Waals surface area (Å²) in [5, 5.41) is 0.684. The largest absolute Gasteiger partial charge is 0.303 e. The summed E-state index contributed by atoms with van der Waals surface area (Å²) in [6.45, 7) is 3.17. The average Bonchev–Trinajstić information content (AvgIpc) is 2.48. The van der Waals surface area contributed by atoms with Crippen molar-refractivity contribution in [1.82, 2.24) is 4.90 Å². The molecular weight excluding hydrogens is 290 g/mol. The van der Waals surface area contributed by atoms with Crippen molar-refractivity contribution in [3.05, 3.63) is 34.9 Å². The maximum atomic E-state index is 12.5. The van der Waals surface area contributed by atoms with E-state index in [4.69, 9.17) is 11.6 Å². The predicted octanol–water partition coefficient (Wildman–Crippen LogP) is 3.99. The van der Waals surface area contributed by atoms with Gasteiger partial charge in [-0.1, -0.05) is 11.6 Å². The minimum atomic E-state index is 0.152. The van der Waals surface area contributed by atoms with E-state index in [9.17, 15) is 4.79 Å². The summed E-state index contributed by atoms with van der Waals surface area (Å²) in [6.07, 6.45) is 5.50. The number of hydrogen-bond acceptors (Lipinski definition) is 3. The Labute approximate surface area is 130 Å². The molecule has 0 aromatic heterocycles. The van der Waals surface area contributed by atoms with Crippen molar-refractivity contribution in [3.8, 4) is 0 Å². The van der Waals surface area contributed by atoms with Gasteiger partial charge in [0.05, 0.1) is 0 Å². The fraction of sp³-hybridized carbons (Fsp3) is 0.562.